The van der Waals surface area contributed by atoms with Gasteiger partial charge in [-0.2, -0.15) is 0 Å². The number of carbonyl (C=O) groups is 1. The molecule has 7 heteroatoms. The molecule has 0 unspecified atom stereocenters. The molecule has 1 fully saturated rings. The van der Waals surface area contributed by atoms with E-state index in [1.165, 1.54) is 0 Å². The van der Waals surface area contributed by atoms with Gasteiger partial charge in [0.2, 0.25) is 5.91 Å². The predicted molar refractivity (Wildman–Crippen MR) is 84.1 cm³/mol. The van der Waals surface area contributed by atoms with Crippen LogP contribution >= 0.6 is 0 Å². The Labute approximate surface area is 132 Å². The Bertz CT molecular complexity index is 597. The predicted octanol–water partition coefficient (Wildman–Crippen LogP) is 1.14. The van der Waals surface area contributed by atoms with Crippen molar-refractivity contribution >= 4 is 15.7 Å². The van der Waals surface area contributed by atoms with Crippen LogP contribution in [0.15, 0.2) is 22.8 Å². The summed E-state index contributed by atoms with van der Waals surface area (Å²) in [5, 5.41) is 0. The largest absolute Gasteiger partial charge is 0.468 e. The van der Waals surface area contributed by atoms with Crippen molar-refractivity contribution in [3.8, 4) is 0 Å². The Morgan fingerprint density at radius 2 is 2.23 bits per heavy atom. The van der Waals surface area contributed by atoms with Crippen LogP contribution in [0, 0.1) is 0 Å². The molecule has 0 N–H and O–H groups in total. The van der Waals surface area contributed by atoms with E-state index in [1.54, 1.807) is 18.2 Å². The molecule has 1 amide bonds. The van der Waals surface area contributed by atoms with E-state index in [0.717, 1.165) is 5.76 Å². The third-order valence-corrected chi connectivity index (χ3v) is 6.10. The van der Waals surface area contributed by atoms with Gasteiger partial charge in [-0.05, 0) is 32.0 Å². The van der Waals surface area contributed by atoms with E-state index in [4.69, 9.17) is 4.42 Å². The maximum absolute atomic E-state index is 12.6. The fraction of sp³-hybridized carbons (Fsp3) is 0.667. The highest BCUT2D eigenvalue weighted by molar-refractivity contribution is 7.91. The molecule has 0 bridgehead atoms. The molecule has 0 saturated carbocycles. The van der Waals surface area contributed by atoms with Crippen molar-refractivity contribution in [2.45, 2.75) is 38.9 Å². The maximum atomic E-state index is 12.6. The van der Waals surface area contributed by atoms with Gasteiger partial charge in [0.25, 0.3) is 0 Å². The van der Waals surface area contributed by atoms with E-state index < -0.39 is 9.84 Å². The van der Waals surface area contributed by atoms with E-state index in [0.29, 0.717) is 19.5 Å². The van der Waals surface area contributed by atoms with Crippen molar-refractivity contribution in [1.82, 2.24) is 9.80 Å². The number of hydrogen-bond acceptors (Lipinski definition) is 5. The smallest absolute Gasteiger partial charge is 0.239 e. The van der Waals surface area contributed by atoms with Gasteiger partial charge in [0.1, 0.15) is 5.76 Å². The summed E-state index contributed by atoms with van der Waals surface area (Å²) in [5.74, 6) is 1.02. The normalized spacial score (nSPS) is 21.9. The molecule has 0 spiro atoms. The molecule has 124 valence electrons. The minimum absolute atomic E-state index is 0.0458. The molecule has 1 saturated heterocycles. The molecule has 2 atom stereocenters. The van der Waals surface area contributed by atoms with Gasteiger partial charge in [0.15, 0.2) is 9.84 Å². The van der Waals surface area contributed by atoms with Gasteiger partial charge in [0.05, 0.1) is 30.4 Å². The van der Waals surface area contributed by atoms with Gasteiger partial charge in [-0.25, -0.2) is 8.42 Å². The van der Waals surface area contributed by atoms with Crippen LogP contribution in [-0.4, -0.2) is 61.3 Å². The van der Waals surface area contributed by atoms with E-state index >= 15 is 0 Å². The quantitative estimate of drug-likeness (QED) is 0.783. The summed E-state index contributed by atoms with van der Waals surface area (Å²) >= 11 is 0. The van der Waals surface area contributed by atoms with E-state index in [-0.39, 0.29) is 29.5 Å². The van der Waals surface area contributed by atoms with Crippen LogP contribution in [0.1, 0.15) is 26.0 Å². The first-order chi connectivity index (χ1) is 10.3. The second-order valence-electron chi connectivity index (χ2n) is 5.82. The van der Waals surface area contributed by atoms with Crippen molar-refractivity contribution in [3.63, 3.8) is 0 Å². The highest BCUT2D eigenvalue weighted by Gasteiger charge is 2.35. The molecular weight excluding hydrogens is 304 g/mol. The zero-order valence-electron chi connectivity index (χ0n) is 13.4. The lowest BCUT2D eigenvalue weighted by Crippen LogP contribution is -2.49. The second kappa shape index (κ2) is 6.83. The molecule has 0 aliphatic carbocycles. The molecule has 0 radical (unpaired) electrons. The number of nitrogens with zero attached hydrogens (tertiary/aromatic N) is 2. The lowest BCUT2D eigenvalue weighted by atomic mass is 10.1. The monoisotopic (exact) mass is 328 g/mol. The Hall–Kier alpha value is -1.34. The highest BCUT2D eigenvalue weighted by atomic mass is 32.2. The fourth-order valence-corrected chi connectivity index (χ4v) is 4.61. The van der Waals surface area contributed by atoms with Crippen molar-refractivity contribution in [3.05, 3.63) is 24.2 Å². The standard InChI is InChI=1S/C15H24N2O4S/c1-4-17(10-14-6-5-8-21-14)12(2)15(18)16(3)13-7-9-22(19,20)11-13/h5-6,8,12-13H,4,7,9-11H2,1-3H3/t12-,13-/m1/s1. The summed E-state index contributed by atoms with van der Waals surface area (Å²) < 4.78 is 28.5. The third-order valence-electron chi connectivity index (χ3n) is 4.35. The fourth-order valence-electron chi connectivity index (χ4n) is 2.84. The number of likely N-dealkylation sites (N-methyl/N-ethyl adjacent to an activating group) is 2. The Balaban J connectivity index is 2.00. The average molecular weight is 328 g/mol. The van der Waals surface area contributed by atoms with Crippen LogP contribution in [-0.2, 0) is 21.2 Å². The van der Waals surface area contributed by atoms with Crippen molar-refractivity contribution in [1.29, 1.82) is 0 Å². The average Bonchev–Trinajstić information content (AvgIpc) is 3.11. The van der Waals surface area contributed by atoms with Crippen LogP contribution in [0.2, 0.25) is 0 Å². The summed E-state index contributed by atoms with van der Waals surface area (Å²) in [6.07, 6.45) is 2.15. The SMILES string of the molecule is CCN(Cc1ccco1)[C@H](C)C(=O)N(C)[C@@H]1CCS(=O)(=O)C1. The minimum atomic E-state index is -2.99. The van der Waals surface area contributed by atoms with Crippen LogP contribution < -0.4 is 0 Å². The summed E-state index contributed by atoms with van der Waals surface area (Å²) in [6.45, 7) is 5.12. The minimum Gasteiger partial charge on any atom is -0.468 e. The summed E-state index contributed by atoms with van der Waals surface area (Å²) in [7, 11) is -1.29. The molecule has 0 aromatic carbocycles. The van der Waals surface area contributed by atoms with Crippen molar-refractivity contribution in [2.75, 3.05) is 25.1 Å². The first kappa shape index (κ1) is 17.0. The number of carbonyl (C=O) groups excluding carboxylic acids is 1. The molecule has 6 nitrogen and oxygen atoms in total. The number of rotatable bonds is 6. The number of furan rings is 1. The Morgan fingerprint density at radius 3 is 2.73 bits per heavy atom. The summed E-state index contributed by atoms with van der Waals surface area (Å²) in [4.78, 5) is 16.2. The van der Waals surface area contributed by atoms with Crippen molar-refractivity contribution < 1.29 is 17.6 Å². The van der Waals surface area contributed by atoms with Crippen LogP contribution in [0.3, 0.4) is 0 Å². The van der Waals surface area contributed by atoms with Crippen molar-refractivity contribution in [2.24, 2.45) is 0 Å². The van der Waals surface area contributed by atoms with E-state index in [1.807, 2.05) is 30.9 Å². The second-order valence-corrected chi connectivity index (χ2v) is 8.05. The molecule has 1 aromatic heterocycles. The first-order valence-corrected chi connectivity index (χ1v) is 9.39. The summed E-state index contributed by atoms with van der Waals surface area (Å²) in [5.41, 5.74) is 0. The molecule has 1 aromatic rings. The molecule has 2 rings (SSSR count). The van der Waals surface area contributed by atoms with Gasteiger partial charge in [-0.3, -0.25) is 9.69 Å². The molecule has 1 aliphatic rings. The number of sulfone groups is 1. The number of hydrogen-bond donors (Lipinski definition) is 0. The van der Waals surface area contributed by atoms with Gasteiger partial charge >= 0.3 is 0 Å². The topological polar surface area (TPSA) is 70.8 Å². The Morgan fingerprint density at radius 1 is 1.50 bits per heavy atom. The molecule has 22 heavy (non-hydrogen) atoms. The van der Waals surface area contributed by atoms with Gasteiger partial charge < -0.3 is 9.32 Å². The zero-order chi connectivity index (χ0) is 16.3. The van der Waals surface area contributed by atoms with Gasteiger partial charge in [-0.15, -0.1) is 0 Å². The number of amides is 1. The van der Waals surface area contributed by atoms with Crippen LogP contribution in [0.25, 0.3) is 0 Å². The first-order valence-electron chi connectivity index (χ1n) is 7.57. The zero-order valence-corrected chi connectivity index (χ0v) is 14.2. The van der Waals surface area contributed by atoms with E-state index in [2.05, 4.69) is 0 Å². The van der Waals surface area contributed by atoms with Gasteiger partial charge in [-0.1, -0.05) is 6.92 Å². The van der Waals surface area contributed by atoms with Crippen LogP contribution in [0.4, 0.5) is 0 Å². The summed E-state index contributed by atoms with van der Waals surface area (Å²) in [6, 6.07) is 3.18. The maximum Gasteiger partial charge on any atom is 0.239 e. The van der Waals surface area contributed by atoms with E-state index in [9.17, 15) is 13.2 Å². The third kappa shape index (κ3) is 3.89. The van der Waals surface area contributed by atoms with Crippen LogP contribution in [0.5, 0.6) is 0 Å². The lowest BCUT2D eigenvalue weighted by molar-refractivity contribution is -0.137. The van der Waals surface area contributed by atoms with Gasteiger partial charge in [0, 0.05) is 13.1 Å². The highest BCUT2D eigenvalue weighted by Crippen LogP contribution is 2.19. The lowest BCUT2D eigenvalue weighted by Gasteiger charge is -2.32. The molecule has 2 heterocycles. The molecular formula is C15H24N2O4S. The Kier molecular flexibility index (Phi) is 5.28. The molecule has 1 aliphatic heterocycles.